The summed E-state index contributed by atoms with van der Waals surface area (Å²) in [7, 11) is 3.03. The van der Waals surface area contributed by atoms with Crippen LogP contribution in [-0.4, -0.2) is 46.5 Å². The van der Waals surface area contributed by atoms with Crippen molar-refractivity contribution in [1.29, 1.82) is 0 Å². The van der Waals surface area contributed by atoms with Gasteiger partial charge in [-0.15, -0.1) is 0 Å². The third kappa shape index (κ3) is 10.8. The van der Waals surface area contributed by atoms with E-state index in [1.807, 2.05) is 24.3 Å². The van der Waals surface area contributed by atoms with Gasteiger partial charge in [-0.2, -0.15) is 0 Å². The highest BCUT2D eigenvalue weighted by atomic mass is 33.1. The fourth-order valence-electron chi connectivity index (χ4n) is 3.88. The van der Waals surface area contributed by atoms with Gasteiger partial charge in [-0.1, -0.05) is 70.2 Å². The van der Waals surface area contributed by atoms with Crippen LogP contribution in [-0.2, 0) is 9.47 Å². The second-order valence-electron chi connectivity index (χ2n) is 9.52. The minimum Gasteiger partial charge on any atom is -0.461 e. The van der Waals surface area contributed by atoms with Gasteiger partial charge in [0.2, 0.25) is 0 Å². The average molecular weight is 657 g/mol. The smallest absolute Gasteiger partial charge is 0.338 e. The first-order chi connectivity index (χ1) is 22.3. The van der Waals surface area contributed by atoms with Crippen LogP contribution >= 0.6 is 21.6 Å². The summed E-state index contributed by atoms with van der Waals surface area (Å²) in [6.45, 7) is 0.478. The maximum atomic E-state index is 12.3. The van der Waals surface area contributed by atoms with Crippen LogP contribution < -0.4 is 0 Å². The summed E-state index contributed by atoms with van der Waals surface area (Å²) in [6, 6.07) is 26.3. The normalized spacial score (nSPS) is 11.0. The maximum Gasteiger partial charge on any atom is 0.338 e. The number of carbonyl (C=O) groups excluding carboxylic acids is 2. The van der Waals surface area contributed by atoms with Crippen molar-refractivity contribution in [3.8, 4) is 0 Å². The highest BCUT2D eigenvalue weighted by Gasteiger charge is 2.09. The predicted octanol–water partition coefficient (Wildman–Crippen LogP) is 8.24. The molecule has 0 aliphatic rings. The molecule has 0 atom stereocenters. The van der Waals surface area contributed by atoms with E-state index in [1.54, 1.807) is 72.8 Å². The Hall–Kier alpha value is -5.20. The van der Waals surface area contributed by atoms with Gasteiger partial charge in [0.05, 0.1) is 21.0 Å². The molecular weight excluding hydrogens is 629 g/mol. The summed E-state index contributed by atoms with van der Waals surface area (Å²) in [5, 5.41) is 21.5. The number of non-ortho nitro benzene ring substituents is 2. The van der Waals surface area contributed by atoms with E-state index in [-0.39, 0.29) is 24.6 Å². The molecule has 0 saturated heterocycles. The van der Waals surface area contributed by atoms with Crippen molar-refractivity contribution in [3.63, 3.8) is 0 Å². The molecule has 10 nitrogen and oxygen atoms in total. The molecule has 234 valence electrons. The van der Waals surface area contributed by atoms with Gasteiger partial charge in [0.1, 0.15) is 13.2 Å². The summed E-state index contributed by atoms with van der Waals surface area (Å²) in [5.74, 6) is 0.321. The van der Waals surface area contributed by atoms with Crippen LogP contribution in [0.4, 0.5) is 11.4 Å². The van der Waals surface area contributed by atoms with Gasteiger partial charge >= 0.3 is 11.9 Å². The van der Waals surface area contributed by atoms with Gasteiger partial charge in [0.15, 0.2) is 0 Å². The molecule has 0 aromatic heterocycles. The molecular formula is C34H28N2O8S2. The minimum absolute atomic E-state index is 0.0347. The molecule has 12 heteroatoms. The molecule has 4 rings (SSSR count). The summed E-state index contributed by atoms with van der Waals surface area (Å²) in [6.07, 6.45) is 7.36. The molecule has 0 bridgehead atoms. The van der Waals surface area contributed by atoms with Crippen LogP contribution in [0.1, 0.15) is 43.0 Å². The lowest BCUT2D eigenvalue weighted by atomic mass is 10.1. The van der Waals surface area contributed by atoms with Crippen molar-refractivity contribution < 1.29 is 28.9 Å². The first-order valence-electron chi connectivity index (χ1n) is 13.9. The third-order valence-electron chi connectivity index (χ3n) is 6.32. The minimum atomic E-state index is -0.443. The zero-order chi connectivity index (χ0) is 32.7. The number of hydrogen-bond acceptors (Lipinski definition) is 10. The number of carbonyl (C=O) groups is 2. The van der Waals surface area contributed by atoms with E-state index in [4.69, 9.17) is 9.47 Å². The van der Waals surface area contributed by atoms with E-state index in [1.165, 1.54) is 45.9 Å². The Morgan fingerprint density at radius 1 is 0.522 bits per heavy atom. The average Bonchev–Trinajstić information content (AvgIpc) is 3.08. The van der Waals surface area contributed by atoms with Crippen LogP contribution in [0.2, 0.25) is 0 Å². The summed E-state index contributed by atoms with van der Waals surface area (Å²) < 4.78 is 10.7. The molecule has 0 radical (unpaired) electrons. The molecule has 4 aromatic rings. The molecule has 4 aromatic carbocycles. The van der Waals surface area contributed by atoms with Crippen LogP contribution in [0.25, 0.3) is 24.3 Å². The number of esters is 2. The number of ether oxygens (including phenoxy) is 2. The Morgan fingerprint density at radius 3 is 1.09 bits per heavy atom. The highest BCUT2D eigenvalue weighted by molar-refractivity contribution is 8.76. The van der Waals surface area contributed by atoms with Gasteiger partial charge in [-0.3, -0.25) is 20.2 Å². The number of nitro benzene ring substituents is 2. The Morgan fingerprint density at radius 2 is 0.804 bits per heavy atom. The summed E-state index contributed by atoms with van der Waals surface area (Å²) >= 11 is 0. The quantitative estimate of drug-likeness (QED) is 0.0307. The van der Waals surface area contributed by atoms with Crippen LogP contribution in [0.5, 0.6) is 0 Å². The highest BCUT2D eigenvalue weighted by Crippen LogP contribution is 2.21. The van der Waals surface area contributed by atoms with Crippen LogP contribution in [0.3, 0.4) is 0 Å². The lowest BCUT2D eigenvalue weighted by Crippen LogP contribution is -2.08. The van der Waals surface area contributed by atoms with E-state index in [2.05, 4.69) is 0 Å². The molecule has 0 unspecified atom stereocenters. The molecule has 0 heterocycles. The van der Waals surface area contributed by atoms with E-state index in [0.717, 1.165) is 22.3 Å². The monoisotopic (exact) mass is 656 g/mol. The van der Waals surface area contributed by atoms with Crippen molar-refractivity contribution in [2.24, 2.45) is 0 Å². The van der Waals surface area contributed by atoms with E-state index in [9.17, 15) is 29.8 Å². The lowest BCUT2D eigenvalue weighted by Gasteiger charge is -2.06. The second kappa shape index (κ2) is 17.3. The Bertz CT molecular complexity index is 1580. The number of nitro groups is 2. The van der Waals surface area contributed by atoms with Crippen LogP contribution in [0.15, 0.2) is 97.1 Å². The molecule has 0 N–H and O–H groups in total. The maximum absolute atomic E-state index is 12.3. The van der Waals surface area contributed by atoms with Gasteiger partial charge in [-0.25, -0.2) is 9.59 Å². The Balaban J connectivity index is 1.08. The van der Waals surface area contributed by atoms with Gasteiger partial charge < -0.3 is 9.47 Å². The molecule has 46 heavy (non-hydrogen) atoms. The zero-order valence-electron chi connectivity index (χ0n) is 24.4. The zero-order valence-corrected chi connectivity index (χ0v) is 26.0. The van der Waals surface area contributed by atoms with Crippen LogP contribution in [0, 0.1) is 20.2 Å². The van der Waals surface area contributed by atoms with E-state index < -0.39 is 21.8 Å². The topological polar surface area (TPSA) is 139 Å². The molecule has 0 spiro atoms. The third-order valence-corrected chi connectivity index (χ3v) is 8.65. The molecule has 0 saturated carbocycles. The Kier molecular flexibility index (Phi) is 12.7. The Labute approximate surface area is 272 Å². The number of rotatable bonds is 15. The van der Waals surface area contributed by atoms with Crippen molar-refractivity contribution in [2.75, 3.05) is 24.7 Å². The van der Waals surface area contributed by atoms with Gasteiger partial charge in [0, 0.05) is 35.8 Å². The first-order valence-corrected chi connectivity index (χ1v) is 16.4. The largest absolute Gasteiger partial charge is 0.461 e. The van der Waals surface area contributed by atoms with Crippen molar-refractivity contribution in [1.82, 2.24) is 0 Å². The second-order valence-corrected chi connectivity index (χ2v) is 12.2. The van der Waals surface area contributed by atoms with Gasteiger partial charge in [-0.05, 0) is 70.8 Å². The molecule has 0 aliphatic carbocycles. The summed E-state index contributed by atoms with van der Waals surface area (Å²) in [4.78, 5) is 45.3. The first kappa shape index (κ1) is 33.7. The van der Waals surface area contributed by atoms with Crippen molar-refractivity contribution in [3.05, 3.63) is 151 Å². The lowest BCUT2D eigenvalue weighted by molar-refractivity contribution is -0.385. The number of benzene rings is 4. The SMILES string of the molecule is O=C(OCCSSCCOC(=O)c1ccc(/C=C/c2ccc([N+](=O)[O-])cc2)cc1)c1ccc(/C=C/c2ccc([N+](=O)[O-])cc2)cc1. The fraction of sp³-hybridized carbons (Fsp3) is 0.118. The number of hydrogen-bond donors (Lipinski definition) is 0. The van der Waals surface area contributed by atoms with E-state index >= 15 is 0 Å². The summed E-state index contributed by atoms with van der Waals surface area (Å²) in [5.41, 5.74) is 4.32. The predicted molar refractivity (Wildman–Crippen MR) is 182 cm³/mol. The van der Waals surface area contributed by atoms with Crippen molar-refractivity contribution >= 4 is 69.2 Å². The molecule has 0 fully saturated rings. The molecule has 0 amide bonds. The van der Waals surface area contributed by atoms with Gasteiger partial charge in [0.25, 0.3) is 11.4 Å². The fourth-order valence-corrected chi connectivity index (χ4v) is 5.53. The van der Waals surface area contributed by atoms with Crippen molar-refractivity contribution in [2.45, 2.75) is 0 Å². The number of nitrogens with zero attached hydrogens (tertiary/aromatic N) is 2. The molecule has 0 aliphatic heterocycles. The standard InChI is InChI=1S/C34H28N2O8S2/c37-33(29-13-5-25(6-14-29)1-3-27-9-17-31(18-10-27)35(39)40)43-21-23-45-46-24-22-44-34(38)30-15-7-26(8-16-30)2-4-28-11-19-32(20-12-28)36(41)42/h1-20H,21-24H2/b3-1+,4-2+. The van der Waals surface area contributed by atoms with E-state index in [0.29, 0.717) is 22.6 Å².